The average Bonchev–Trinajstić information content (AvgIpc) is 3.08. The van der Waals surface area contributed by atoms with Crippen LogP contribution in [0.15, 0.2) is 33.5 Å². The summed E-state index contributed by atoms with van der Waals surface area (Å²) in [6.07, 6.45) is 1.33. The molecular formula is C18H22N4O4. The van der Waals surface area contributed by atoms with E-state index < -0.39 is 23.6 Å². The van der Waals surface area contributed by atoms with Gasteiger partial charge in [0.1, 0.15) is 12.1 Å². The molecule has 0 spiro atoms. The Bertz CT molecular complexity index is 892. The lowest BCUT2D eigenvalue weighted by atomic mass is 10.0. The van der Waals surface area contributed by atoms with Crippen LogP contribution in [0.25, 0.3) is 10.9 Å². The summed E-state index contributed by atoms with van der Waals surface area (Å²) in [5.74, 6) is -1.02. The Morgan fingerprint density at radius 2 is 2.08 bits per heavy atom. The van der Waals surface area contributed by atoms with E-state index in [1.165, 1.54) is 0 Å². The zero-order chi connectivity index (χ0) is 18.8. The number of primary amides is 1. The zero-order valence-corrected chi connectivity index (χ0v) is 14.8. The van der Waals surface area contributed by atoms with Gasteiger partial charge in [0.25, 0.3) is 0 Å². The van der Waals surface area contributed by atoms with E-state index in [0.29, 0.717) is 23.9 Å². The fourth-order valence-electron chi connectivity index (χ4n) is 3.21. The Labute approximate surface area is 150 Å². The number of aromatic nitrogens is 1. The third kappa shape index (κ3) is 3.40. The molecule has 2 amide bonds. The number of fused-ring (bicyclic) bond motifs is 1. The lowest BCUT2D eigenvalue weighted by Crippen LogP contribution is -2.53. The van der Waals surface area contributed by atoms with Gasteiger partial charge < -0.3 is 20.4 Å². The van der Waals surface area contributed by atoms with E-state index in [2.05, 4.69) is 10.3 Å². The lowest BCUT2D eigenvalue weighted by molar-refractivity contribution is -0.129. The van der Waals surface area contributed by atoms with Crippen molar-refractivity contribution in [2.45, 2.75) is 38.8 Å². The molecule has 1 aromatic heterocycles. The van der Waals surface area contributed by atoms with Crippen LogP contribution in [0.3, 0.4) is 0 Å². The molecule has 0 saturated carbocycles. The summed E-state index contributed by atoms with van der Waals surface area (Å²) in [6.45, 7) is 4.16. The minimum Gasteiger partial charge on any atom is -0.389 e. The normalized spacial score (nSPS) is 18.3. The van der Waals surface area contributed by atoms with Crippen molar-refractivity contribution in [2.75, 3.05) is 11.4 Å². The molecule has 2 heterocycles. The molecule has 3 rings (SSSR count). The second-order valence-electron chi connectivity index (χ2n) is 6.79. The quantitative estimate of drug-likeness (QED) is 0.815. The highest BCUT2D eigenvalue weighted by atomic mass is 16.4. The number of benzene rings is 1. The van der Waals surface area contributed by atoms with E-state index in [-0.39, 0.29) is 17.8 Å². The third-order valence-corrected chi connectivity index (χ3v) is 4.60. The van der Waals surface area contributed by atoms with Crippen LogP contribution in [0.5, 0.6) is 0 Å². The Morgan fingerprint density at radius 1 is 1.35 bits per heavy atom. The van der Waals surface area contributed by atoms with Crippen molar-refractivity contribution >= 4 is 28.7 Å². The second-order valence-corrected chi connectivity index (χ2v) is 6.79. The number of nitrogens with one attached hydrogen (secondary N) is 1. The third-order valence-electron chi connectivity index (χ3n) is 4.60. The highest BCUT2D eigenvalue weighted by Gasteiger charge is 2.35. The summed E-state index contributed by atoms with van der Waals surface area (Å²) in [6, 6.07) is 5.70. The molecule has 8 nitrogen and oxygen atoms in total. The first-order valence-corrected chi connectivity index (χ1v) is 8.64. The van der Waals surface area contributed by atoms with Gasteiger partial charge in [0, 0.05) is 6.54 Å². The summed E-state index contributed by atoms with van der Waals surface area (Å²) in [5.41, 5.74) is 5.40. The van der Waals surface area contributed by atoms with Gasteiger partial charge >= 0.3 is 11.6 Å². The molecule has 8 heteroatoms. The van der Waals surface area contributed by atoms with Crippen molar-refractivity contribution in [3.63, 3.8) is 0 Å². The molecule has 0 bridgehead atoms. The lowest BCUT2D eigenvalue weighted by Gasteiger charge is -2.26. The van der Waals surface area contributed by atoms with Gasteiger partial charge in [0.05, 0.1) is 10.9 Å². The van der Waals surface area contributed by atoms with Gasteiger partial charge in [-0.3, -0.25) is 9.59 Å². The van der Waals surface area contributed by atoms with Gasteiger partial charge in [-0.15, -0.1) is 0 Å². The minimum absolute atomic E-state index is 0.117. The number of amides is 2. The number of rotatable bonds is 5. The van der Waals surface area contributed by atoms with Crippen LogP contribution in [0.4, 0.5) is 6.01 Å². The van der Waals surface area contributed by atoms with Crippen molar-refractivity contribution in [2.24, 2.45) is 11.7 Å². The van der Waals surface area contributed by atoms with Crippen LogP contribution in [0, 0.1) is 5.92 Å². The van der Waals surface area contributed by atoms with E-state index in [0.717, 1.165) is 6.42 Å². The average molecular weight is 358 g/mol. The molecule has 1 aliphatic rings. The van der Waals surface area contributed by atoms with E-state index >= 15 is 0 Å². The van der Waals surface area contributed by atoms with Crippen LogP contribution < -0.4 is 21.6 Å². The maximum Gasteiger partial charge on any atom is 0.348 e. The molecule has 1 aromatic carbocycles. The Balaban J connectivity index is 1.87. The molecule has 1 fully saturated rings. The summed E-state index contributed by atoms with van der Waals surface area (Å²) in [7, 11) is 0. The largest absolute Gasteiger partial charge is 0.389 e. The SMILES string of the molecule is CC(C)[C@H](NC(=O)[C@@H]1CCCN1c1nc2ccccc2c(=O)o1)C(N)=O. The smallest absolute Gasteiger partial charge is 0.348 e. The maximum atomic E-state index is 12.7. The van der Waals surface area contributed by atoms with Gasteiger partial charge in [0.2, 0.25) is 11.8 Å². The van der Waals surface area contributed by atoms with Gasteiger partial charge in [-0.05, 0) is 30.9 Å². The first-order valence-electron chi connectivity index (χ1n) is 8.64. The molecule has 2 aromatic rings. The fourth-order valence-corrected chi connectivity index (χ4v) is 3.21. The van der Waals surface area contributed by atoms with Crippen LogP contribution in [0.1, 0.15) is 26.7 Å². The highest BCUT2D eigenvalue weighted by molar-refractivity contribution is 5.91. The molecule has 0 unspecified atom stereocenters. The van der Waals surface area contributed by atoms with Crippen LogP contribution >= 0.6 is 0 Å². The first-order chi connectivity index (χ1) is 12.4. The van der Waals surface area contributed by atoms with Crippen molar-refractivity contribution < 1.29 is 14.0 Å². The predicted octanol–water partition coefficient (Wildman–Crippen LogP) is 0.783. The van der Waals surface area contributed by atoms with Crippen LogP contribution in [-0.4, -0.2) is 35.4 Å². The summed E-state index contributed by atoms with van der Waals surface area (Å²) >= 11 is 0. The number of hydrogen-bond donors (Lipinski definition) is 2. The van der Waals surface area contributed by atoms with E-state index in [1.54, 1.807) is 29.2 Å². The Hall–Kier alpha value is -2.90. The number of nitrogens with two attached hydrogens (primary N) is 1. The monoisotopic (exact) mass is 358 g/mol. The number of anilines is 1. The van der Waals surface area contributed by atoms with Gasteiger partial charge in [-0.1, -0.05) is 26.0 Å². The van der Waals surface area contributed by atoms with E-state index in [9.17, 15) is 14.4 Å². The number of nitrogens with zero attached hydrogens (tertiary/aromatic N) is 2. The number of carbonyl (C=O) groups is 2. The number of carbonyl (C=O) groups excluding carboxylic acids is 2. The van der Waals surface area contributed by atoms with Gasteiger partial charge in [-0.25, -0.2) is 4.79 Å². The summed E-state index contributed by atoms with van der Waals surface area (Å²) < 4.78 is 5.34. The first kappa shape index (κ1) is 17.9. The fraction of sp³-hybridized carbons (Fsp3) is 0.444. The topological polar surface area (TPSA) is 119 Å². The molecule has 1 saturated heterocycles. The molecule has 26 heavy (non-hydrogen) atoms. The van der Waals surface area contributed by atoms with Crippen molar-refractivity contribution in [1.29, 1.82) is 0 Å². The molecule has 0 radical (unpaired) electrons. The highest BCUT2D eigenvalue weighted by Crippen LogP contribution is 2.25. The standard InChI is InChI=1S/C18H22N4O4/c1-10(2)14(15(19)23)21-16(24)13-8-5-9-22(13)18-20-12-7-4-3-6-11(12)17(25)26-18/h3-4,6-7,10,13-14H,5,8-9H2,1-2H3,(H2,19,23)(H,21,24)/t13-,14-/m0/s1. The minimum atomic E-state index is -0.749. The van der Waals surface area contributed by atoms with Crippen LogP contribution in [0.2, 0.25) is 0 Å². The van der Waals surface area contributed by atoms with Crippen molar-refractivity contribution in [3.05, 3.63) is 34.7 Å². The zero-order valence-electron chi connectivity index (χ0n) is 14.8. The van der Waals surface area contributed by atoms with Crippen LogP contribution in [-0.2, 0) is 9.59 Å². The van der Waals surface area contributed by atoms with E-state index in [1.807, 2.05) is 13.8 Å². The van der Waals surface area contributed by atoms with Gasteiger partial charge in [-0.2, -0.15) is 4.98 Å². The molecule has 138 valence electrons. The molecule has 3 N–H and O–H groups in total. The predicted molar refractivity (Wildman–Crippen MR) is 96.6 cm³/mol. The van der Waals surface area contributed by atoms with Gasteiger partial charge in [0.15, 0.2) is 0 Å². The van der Waals surface area contributed by atoms with Crippen molar-refractivity contribution in [1.82, 2.24) is 10.3 Å². The molecule has 1 aliphatic heterocycles. The van der Waals surface area contributed by atoms with Crippen molar-refractivity contribution in [3.8, 4) is 0 Å². The Morgan fingerprint density at radius 3 is 2.77 bits per heavy atom. The maximum absolute atomic E-state index is 12.7. The second kappa shape index (κ2) is 7.15. The summed E-state index contributed by atoms with van der Waals surface area (Å²) in [5, 5.41) is 3.10. The Kier molecular flexibility index (Phi) is 4.92. The summed E-state index contributed by atoms with van der Waals surface area (Å²) in [4.78, 5) is 42.5. The molecule has 0 aliphatic carbocycles. The number of para-hydroxylation sites is 1. The number of hydrogen-bond acceptors (Lipinski definition) is 6. The van der Waals surface area contributed by atoms with E-state index in [4.69, 9.17) is 10.2 Å². The molecule has 2 atom stereocenters. The molecular weight excluding hydrogens is 336 g/mol.